The highest BCUT2D eigenvalue weighted by molar-refractivity contribution is 7.84. The fourth-order valence-electron chi connectivity index (χ4n) is 1.76. The first-order chi connectivity index (χ1) is 9.11. The van der Waals surface area contributed by atoms with Gasteiger partial charge in [0.1, 0.15) is 5.82 Å². The molecule has 0 aliphatic carbocycles. The van der Waals surface area contributed by atoms with Gasteiger partial charge in [0.05, 0.1) is 28.2 Å². The van der Waals surface area contributed by atoms with Gasteiger partial charge in [0.25, 0.3) is 0 Å². The summed E-state index contributed by atoms with van der Waals surface area (Å²) >= 11 is 0. The third-order valence-corrected chi connectivity index (χ3v) is 4.33. The van der Waals surface area contributed by atoms with Crippen LogP contribution in [0.5, 0.6) is 0 Å². The van der Waals surface area contributed by atoms with Crippen molar-refractivity contribution in [3.63, 3.8) is 0 Å². The Labute approximate surface area is 114 Å². The maximum atomic E-state index is 13.7. The lowest BCUT2D eigenvalue weighted by Gasteiger charge is -2.06. The van der Waals surface area contributed by atoms with Crippen molar-refractivity contribution in [2.45, 2.75) is 17.6 Å². The number of hydrogen-bond donors (Lipinski definition) is 0. The zero-order chi connectivity index (χ0) is 13.8. The third kappa shape index (κ3) is 3.07. The minimum Gasteiger partial charge on any atom is -0.254 e. The number of hydrogen-bond acceptors (Lipinski definition) is 2. The fraction of sp³-hybridized carbons (Fsp3) is 0.133. The average Bonchev–Trinajstić information content (AvgIpc) is 2.41. The summed E-state index contributed by atoms with van der Waals surface area (Å²) in [6.07, 6.45) is 0. The van der Waals surface area contributed by atoms with E-state index < -0.39 is 16.6 Å². The van der Waals surface area contributed by atoms with Crippen LogP contribution in [0.1, 0.15) is 16.7 Å². The van der Waals surface area contributed by atoms with Crippen molar-refractivity contribution in [2.24, 2.45) is 0 Å². The predicted molar refractivity (Wildman–Crippen MR) is 72.4 cm³/mol. The lowest BCUT2D eigenvalue weighted by atomic mass is 10.1. The molecule has 1 atom stereocenters. The summed E-state index contributed by atoms with van der Waals surface area (Å²) in [4.78, 5) is 0.714. The van der Waals surface area contributed by atoms with Crippen LogP contribution in [-0.2, 0) is 16.6 Å². The topological polar surface area (TPSA) is 40.9 Å². The molecule has 0 saturated carbocycles. The van der Waals surface area contributed by atoms with Gasteiger partial charge in [0.2, 0.25) is 0 Å². The van der Waals surface area contributed by atoms with Crippen molar-refractivity contribution in [3.05, 3.63) is 65.0 Å². The molecule has 2 aromatic rings. The van der Waals surface area contributed by atoms with Gasteiger partial charge < -0.3 is 0 Å². The van der Waals surface area contributed by atoms with Crippen molar-refractivity contribution in [1.82, 2.24) is 0 Å². The lowest BCUT2D eigenvalue weighted by molar-refractivity contribution is 0.614. The maximum absolute atomic E-state index is 13.7. The molecular weight excluding hydrogens is 261 g/mol. The molecule has 0 saturated heterocycles. The number of benzene rings is 2. The monoisotopic (exact) mass is 273 g/mol. The second-order valence-corrected chi connectivity index (χ2v) is 5.59. The van der Waals surface area contributed by atoms with E-state index in [-0.39, 0.29) is 11.3 Å². The van der Waals surface area contributed by atoms with Crippen LogP contribution in [0.2, 0.25) is 0 Å². The molecular formula is C15H12FNOS. The van der Waals surface area contributed by atoms with Gasteiger partial charge in [-0.1, -0.05) is 24.3 Å². The van der Waals surface area contributed by atoms with Crippen LogP contribution in [0.4, 0.5) is 4.39 Å². The molecule has 0 radical (unpaired) electrons. The highest BCUT2D eigenvalue weighted by atomic mass is 32.2. The minimum atomic E-state index is -1.29. The molecule has 2 aromatic carbocycles. The second kappa shape index (κ2) is 5.77. The van der Waals surface area contributed by atoms with Crippen LogP contribution in [-0.4, -0.2) is 4.21 Å². The molecule has 0 aliphatic rings. The van der Waals surface area contributed by atoms with Crippen molar-refractivity contribution >= 4 is 10.8 Å². The summed E-state index contributed by atoms with van der Waals surface area (Å²) in [5.41, 5.74) is 1.55. The van der Waals surface area contributed by atoms with Gasteiger partial charge >= 0.3 is 0 Å². The summed E-state index contributed by atoms with van der Waals surface area (Å²) in [6.45, 7) is 1.88. The zero-order valence-electron chi connectivity index (χ0n) is 10.4. The summed E-state index contributed by atoms with van der Waals surface area (Å²) in [7, 11) is -1.29. The van der Waals surface area contributed by atoms with E-state index >= 15 is 0 Å². The molecule has 0 N–H and O–H groups in total. The summed E-state index contributed by atoms with van der Waals surface area (Å²) in [5, 5.41) is 8.67. The molecule has 2 nitrogen and oxygen atoms in total. The Kier molecular flexibility index (Phi) is 4.08. The van der Waals surface area contributed by atoms with Gasteiger partial charge in [-0.05, 0) is 30.7 Å². The van der Waals surface area contributed by atoms with Crippen LogP contribution in [0, 0.1) is 24.1 Å². The van der Waals surface area contributed by atoms with E-state index in [4.69, 9.17) is 5.26 Å². The quantitative estimate of drug-likeness (QED) is 0.860. The highest BCUT2D eigenvalue weighted by Crippen LogP contribution is 2.18. The summed E-state index contributed by atoms with van der Waals surface area (Å²) in [5.74, 6) is -0.372. The van der Waals surface area contributed by atoms with Crippen LogP contribution in [0.3, 0.4) is 0 Å². The molecule has 0 aromatic heterocycles. The standard InChI is InChI=1S/C15H12FNOS/c1-11-4-2-3-5-15(11)19(18)10-13-7-6-12(9-17)8-14(13)16/h2-8H,10H2,1H3. The molecule has 0 spiro atoms. The third-order valence-electron chi connectivity index (χ3n) is 2.81. The van der Waals surface area contributed by atoms with Crippen molar-refractivity contribution in [3.8, 4) is 6.07 Å². The van der Waals surface area contributed by atoms with Crippen LogP contribution in [0.15, 0.2) is 47.4 Å². The Hall–Kier alpha value is -1.99. The molecule has 1 unspecified atom stereocenters. The summed E-state index contributed by atoms with van der Waals surface area (Å²) < 4.78 is 25.9. The molecule has 0 aliphatic heterocycles. The van der Waals surface area contributed by atoms with Gasteiger partial charge in [-0.25, -0.2) is 4.39 Å². The van der Waals surface area contributed by atoms with E-state index in [0.717, 1.165) is 5.56 Å². The van der Waals surface area contributed by atoms with E-state index in [1.54, 1.807) is 6.07 Å². The first-order valence-electron chi connectivity index (χ1n) is 5.74. The number of rotatable bonds is 3. The Bertz CT molecular complexity index is 676. The van der Waals surface area contributed by atoms with Gasteiger partial charge in [0, 0.05) is 10.5 Å². The van der Waals surface area contributed by atoms with Crippen LogP contribution in [0.25, 0.3) is 0 Å². The Morgan fingerprint density at radius 1 is 1.26 bits per heavy atom. The number of nitrogens with zero attached hydrogens (tertiary/aromatic N) is 1. The number of halogens is 1. The van der Waals surface area contributed by atoms with Crippen LogP contribution < -0.4 is 0 Å². The van der Waals surface area contributed by atoms with Crippen molar-refractivity contribution in [2.75, 3.05) is 0 Å². The van der Waals surface area contributed by atoms with Crippen LogP contribution >= 0.6 is 0 Å². The van der Waals surface area contributed by atoms with E-state index in [2.05, 4.69) is 0 Å². The first-order valence-corrected chi connectivity index (χ1v) is 7.06. The van der Waals surface area contributed by atoms with Gasteiger partial charge in [-0.2, -0.15) is 5.26 Å². The van der Waals surface area contributed by atoms with Crippen molar-refractivity contribution in [1.29, 1.82) is 5.26 Å². The first kappa shape index (κ1) is 13.4. The predicted octanol–water partition coefficient (Wildman–Crippen LogP) is 3.31. The molecule has 0 amide bonds. The minimum absolute atomic E-state index is 0.113. The number of nitriles is 1. The lowest BCUT2D eigenvalue weighted by Crippen LogP contribution is -2.01. The normalized spacial score (nSPS) is 11.8. The van der Waals surface area contributed by atoms with Gasteiger partial charge in [0.15, 0.2) is 0 Å². The highest BCUT2D eigenvalue weighted by Gasteiger charge is 2.11. The Morgan fingerprint density at radius 2 is 2.00 bits per heavy atom. The Morgan fingerprint density at radius 3 is 2.63 bits per heavy atom. The average molecular weight is 273 g/mol. The summed E-state index contributed by atoms with van der Waals surface area (Å²) in [6, 6.07) is 13.4. The maximum Gasteiger partial charge on any atom is 0.128 e. The Balaban J connectivity index is 2.25. The zero-order valence-corrected chi connectivity index (χ0v) is 11.2. The molecule has 19 heavy (non-hydrogen) atoms. The van der Waals surface area contributed by atoms with E-state index in [9.17, 15) is 8.60 Å². The molecule has 2 rings (SSSR count). The second-order valence-electron chi connectivity index (χ2n) is 4.17. The van der Waals surface area contributed by atoms with Gasteiger partial charge in [-0.15, -0.1) is 0 Å². The number of aryl methyl sites for hydroxylation is 1. The fourth-order valence-corrected chi connectivity index (χ4v) is 3.09. The molecule has 96 valence electrons. The molecule has 4 heteroatoms. The smallest absolute Gasteiger partial charge is 0.128 e. The molecule has 0 bridgehead atoms. The van der Waals surface area contributed by atoms with E-state index in [1.165, 1.54) is 18.2 Å². The van der Waals surface area contributed by atoms with Gasteiger partial charge in [-0.3, -0.25) is 4.21 Å². The molecule has 0 heterocycles. The van der Waals surface area contributed by atoms with E-state index in [0.29, 0.717) is 10.5 Å². The SMILES string of the molecule is Cc1ccccc1S(=O)Cc1ccc(C#N)cc1F. The van der Waals surface area contributed by atoms with Crippen molar-refractivity contribution < 1.29 is 8.60 Å². The molecule has 0 fully saturated rings. The van der Waals surface area contributed by atoms with E-state index in [1.807, 2.05) is 31.2 Å². The largest absolute Gasteiger partial charge is 0.254 e.